The first-order valence-electron chi connectivity index (χ1n) is 7.52. The lowest BCUT2D eigenvalue weighted by Crippen LogP contribution is -2.39. The Bertz CT molecular complexity index is 523. The van der Waals surface area contributed by atoms with Crippen molar-refractivity contribution in [3.8, 4) is 0 Å². The lowest BCUT2D eigenvalue weighted by Gasteiger charge is -2.19. The normalized spacial score (nSPS) is 13.3. The molecule has 0 unspecified atom stereocenters. The number of rotatable bonds is 8. The summed E-state index contributed by atoms with van der Waals surface area (Å²) in [5.41, 5.74) is -2.64. The Morgan fingerprint density at radius 2 is 1.32 bits per heavy atom. The highest BCUT2D eigenvalue weighted by atomic mass is 28.4. The van der Waals surface area contributed by atoms with Gasteiger partial charge in [0, 0.05) is 20.3 Å². The van der Waals surface area contributed by atoms with E-state index in [1.807, 2.05) is 0 Å². The Hall–Kier alpha value is -1.10. The SMILES string of the molecule is CO[Si](O)(CCCCCc1cc(C(F)(F)F)cc(C(F)(F)F)c1)OC. The quantitative estimate of drug-likeness (QED) is 0.399. The smallest absolute Gasteiger partial charge is 0.390 e. The molecule has 1 rings (SSSR count). The van der Waals surface area contributed by atoms with Gasteiger partial charge < -0.3 is 13.6 Å². The van der Waals surface area contributed by atoms with Crippen LogP contribution in [0.5, 0.6) is 0 Å². The molecule has 1 aromatic carbocycles. The van der Waals surface area contributed by atoms with Crippen molar-refractivity contribution >= 4 is 8.80 Å². The highest BCUT2D eigenvalue weighted by Gasteiger charge is 2.37. The molecule has 0 aromatic heterocycles. The van der Waals surface area contributed by atoms with Crippen LogP contribution >= 0.6 is 0 Å². The van der Waals surface area contributed by atoms with Crippen molar-refractivity contribution in [3.05, 3.63) is 34.9 Å². The maximum atomic E-state index is 12.8. The molecule has 1 N–H and O–H groups in total. The topological polar surface area (TPSA) is 38.7 Å². The van der Waals surface area contributed by atoms with Gasteiger partial charge in [-0.3, -0.25) is 0 Å². The lowest BCUT2D eigenvalue weighted by molar-refractivity contribution is -0.143. The molecule has 3 nitrogen and oxygen atoms in total. The highest BCUT2D eigenvalue weighted by molar-refractivity contribution is 6.59. The number of hydrogen-bond donors (Lipinski definition) is 1. The summed E-state index contributed by atoms with van der Waals surface area (Å²) in [6.07, 6.45) is -8.21. The molecule has 0 saturated heterocycles. The summed E-state index contributed by atoms with van der Waals surface area (Å²) in [4.78, 5) is 9.84. The van der Waals surface area contributed by atoms with Gasteiger partial charge >= 0.3 is 21.2 Å². The van der Waals surface area contributed by atoms with E-state index in [0.717, 1.165) is 12.1 Å². The summed E-state index contributed by atoms with van der Waals surface area (Å²) in [5, 5.41) is 0. The van der Waals surface area contributed by atoms with Crippen molar-refractivity contribution in [2.24, 2.45) is 0 Å². The average Bonchev–Trinajstić information content (AvgIpc) is 2.52. The van der Waals surface area contributed by atoms with Gasteiger partial charge in [-0.05, 0) is 43.0 Å². The third-order valence-electron chi connectivity index (χ3n) is 3.74. The van der Waals surface area contributed by atoms with Crippen molar-refractivity contribution in [2.45, 2.75) is 44.1 Å². The Kier molecular flexibility index (Phi) is 7.48. The molecular formula is C15H20F6O3Si. The van der Waals surface area contributed by atoms with Gasteiger partial charge in [-0.2, -0.15) is 26.3 Å². The van der Waals surface area contributed by atoms with Gasteiger partial charge in [0.2, 0.25) is 0 Å². The fourth-order valence-corrected chi connectivity index (χ4v) is 3.58. The zero-order chi connectivity index (χ0) is 19.3. The van der Waals surface area contributed by atoms with Gasteiger partial charge in [0.15, 0.2) is 0 Å². The number of benzene rings is 1. The maximum Gasteiger partial charge on any atom is 0.497 e. The lowest BCUT2D eigenvalue weighted by atomic mass is 10.0. The second-order valence-electron chi connectivity index (χ2n) is 5.60. The summed E-state index contributed by atoms with van der Waals surface area (Å²) in [5.74, 6) is 0. The first-order chi connectivity index (χ1) is 11.4. The number of alkyl halides is 6. The van der Waals surface area contributed by atoms with Crippen LogP contribution < -0.4 is 0 Å². The molecule has 0 saturated carbocycles. The van der Waals surface area contributed by atoms with Crippen LogP contribution in [-0.4, -0.2) is 27.8 Å². The van der Waals surface area contributed by atoms with Crippen molar-refractivity contribution in [1.29, 1.82) is 0 Å². The van der Waals surface area contributed by atoms with E-state index in [0.29, 0.717) is 19.3 Å². The van der Waals surface area contributed by atoms with Crippen LogP contribution in [0.3, 0.4) is 0 Å². The predicted molar refractivity (Wildman–Crippen MR) is 80.8 cm³/mol. The predicted octanol–water partition coefficient (Wildman–Crippen LogP) is 4.66. The first kappa shape index (κ1) is 21.9. The van der Waals surface area contributed by atoms with E-state index in [-0.39, 0.29) is 24.1 Å². The Morgan fingerprint density at radius 3 is 1.72 bits per heavy atom. The van der Waals surface area contributed by atoms with Crippen LogP contribution in [0.1, 0.15) is 36.0 Å². The highest BCUT2D eigenvalue weighted by Crippen LogP contribution is 2.36. The molecule has 25 heavy (non-hydrogen) atoms. The first-order valence-corrected chi connectivity index (χ1v) is 9.49. The molecule has 0 aliphatic carbocycles. The Morgan fingerprint density at radius 1 is 0.840 bits per heavy atom. The Balaban J connectivity index is 2.72. The second kappa shape index (κ2) is 8.52. The molecule has 0 heterocycles. The summed E-state index contributed by atoms with van der Waals surface area (Å²) >= 11 is 0. The van der Waals surface area contributed by atoms with E-state index < -0.39 is 32.3 Å². The largest absolute Gasteiger partial charge is 0.497 e. The minimum absolute atomic E-state index is 0.0202. The zero-order valence-corrected chi connectivity index (χ0v) is 14.8. The summed E-state index contributed by atoms with van der Waals surface area (Å²) < 4.78 is 86.4. The van der Waals surface area contributed by atoms with Crippen molar-refractivity contribution < 1.29 is 40.0 Å². The number of unbranched alkanes of at least 4 members (excludes halogenated alkanes) is 2. The van der Waals surface area contributed by atoms with Crippen LogP contribution in [0.2, 0.25) is 6.04 Å². The molecule has 10 heteroatoms. The molecule has 0 atom stereocenters. The van der Waals surface area contributed by atoms with Crippen LogP contribution in [-0.2, 0) is 27.6 Å². The number of aryl methyl sites for hydroxylation is 1. The van der Waals surface area contributed by atoms with E-state index in [1.54, 1.807) is 0 Å². The number of halogens is 6. The molecule has 0 aliphatic heterocycles. The fourth-order valence-electron chi connectivity index (χ4n) is 2.31. The maximum absolute atomic E-state index is 12.8. The third-order valence-corrected chi connectivity index (χ3v) is 6.00. The minimum atomic E-state index is -4.84. The van der Waals surface area contributed by atoms with Gasteiger partial charge in [-0.15, -0.1) is 0 Å². The molecule has 0 radical (unpaired) electrons. The molecular weight excluding hydrogens is 370 g/mol. The summed E-state index contributed by atoms with van der Waals surface area (Å²) in [7, 11) is -0.559. The van der Waals surface area contributed by atoms with E-state index in [1.165, 1.54) is 14.2 Å². The van der Waals surface area contributed by atoms with Gasteiger partial charge in [0.05, 0.1) is 11.1 Å². The van der Waals surface area contributed by atoms with Gasteiger partial charge in [0.25, 0.3) is 0 Å². The summed E-state index contributed by atoms with van der Waals surface area (Å²) in [6.45, 7) is 0. The van der Waals surface area contributed by atoms with Crippen LogP contribution in [0, 0.1) is 0 Å². The van der Waals surface area contributed by atoms with E-state index >= 15 is 0 Å². The molecule has 0 fully saturated rings. The molecule has 0 aliphatic rings. The molecule has 1 aromatic rings. The Labute approximate surface area is 142 Å². The second-order valence-corrected chi connectivity index (χ2v) is 8.34. The number of hydrogen-bond acceptors (Lipinski definition) is 3. The van der Waals surface area contributed by atoms with Crippen LogP contribution in [0.15, 0.2) is 18.2 Å². The average molecular weight is 390 g/mol. The van der Waals surface area contributed by atoms with E-state index in [9.17, 15) is 31.1 Å². The van der Waals surface area contributed by atoms with Gasteiger partial charge in [-0.25, -0.2) is 0 Å². The minimum Gasteiger partial charge on any atom is -0.390 e. The fraction of sp³-hybridized carbons (Fsp3) is 0.600. The van der Waals surface area contributed by atoms with Crippen molar-refractivity contribution in [2.75, 3.05) is 14.2 Å². The van der Waals surface area contributed by atoms with Gasteiger partial charge in [0.1, 0.15) is 0 Å². The van der Waals surface area contributed by atoms with E-state index in [2.05, 4.69) is 0 Å². The summed E-state index contributed by atoms with van der Waals surface area (Å²) in [6, 6.07) is 1.87. The molecule has 0 bridgehead atoms. The molecule has 0 spiro atoms. The standard InChI is InChI=1S/C15H20F6O3Si/c1-23-25(22,24-2)7-5-3-4-6-11-8-12(14(16,17)18)10-13(9-11)15(19,20)21/h8-10,22H,3-7H2,1-2H3. The van der Waals surface area contributed by atoms with E-state index in [4.69, 9.17) is 8.85 Å². The molecule has 0 amide bonds. The van der Waals surface area contributed by atoms with Crippen LogP contribution in [0.25, 0.3) is 0 Å². The monoisotopic (exact) mass is 390 g/mol. The zero-order valence-electron chi connectivity index (χ0n) is 13.8. The van der Waals surface area contributed by atoms with Crippen molar-refractivity contribution in [3.63, 3.8) is 0 Å². The van der Waals surface area contributed by atoms with Gasteiger partial charge in [-0.1, -0.05) is 6.42 Å². The third kappa shape index (κ3) is 6.96. The van der Waals surface area contributed by atoms with Crippen LogP contribution in [0.4, 0.5) is 26.3 Å². The van der Waals surface area contributed by atoms with Crippen molar-refractivity contribution in [1.82, 2.24) is 0 Å². The molecule has 144 valence electrons.